The van der Waals surface area contributed by atoms with E-state index in [9.17, 15) is 4.39 Å². The van der Waals surface area contributed by atoms with Crippen molar-refractivity contribution < 1.29 is 9.13 Å². The Balaban J connectivity index is 2.16. The summed E-state index contributed by atoms with van der Waals surface area (Å²) in [5.74, 6) is 0.296. The Labute approximate surface area is 119 Å². The van der Waals surface area contributed by atoms with Crippen molar-refractivity contribution in [2.24, 2.45) is 5.73 Å². The van der Waals surface area contributed by atoms with Crippen LogP contribution in [0.2, 0.25) is 0 Å². The van der Waals surface area contributed by atoms with E-state index in [1.165, 1.54) is 6.07 Å². The summed E-state index contributed by atoms with van der Waals surface area (Å²) < 4.78 is 20.0. The average Bonchev–Trinajstić information content (AvgIpc) is 2.40. The van der Waals surface area contributed by atoms with Crippen LogP contribution in [0, 0.1) is 12.7 Å². The number of nitrogens with zero attached hydrogens (tertiary/aromatic N) is 1. The van der Waals surface area contributed by atoms with Gasteiger partial charge in [0.15, 0.2) is 0 Å². The van der Waals surface area contributed by atoms with Gasteiger partial charge in [0, 0.05) is 22.3 Å². The normalized spacial score (nSPS) is 10.5. The fraction of sp³-hybridized carbons (Fsp3) is 0.214. The molecule has 0 saturated carbocycles. The second-order valence-electron chi connectivity index (χ2n) is 4.13. The largest absolute Gasteiger partial charge is 0.487 e. The Hall–Kier alpha value is -1.46. The number of pyridine rings is 1. The molecule has 3 nitrogen and oxygen atoms in total. The van der Waals surface area contributed by atoms with Gasteiger partial charge in [-0.2, -0.15) is 0 Å². The van der Waals surface area contributed by atoms with Gasteiger partial charge in [0.1, 0.15) is 18.2 Å². The number of halogens is 2. The maximum atomic E-state index is 13.6. The minimum Gasteiger partial charge on any atom is -0.487 e. The smallest absolute Gasteiger partial charge is 0.142 e. The van der Waals surface area contributed by atoms with Gasteiger partial charge in [-0.15, -0.1) is 0 Å². The molecule has 0 aliphatic heterocycles. The third-order valence-corrected chi connectivity index (χ3v) is 3.15. The van der Waals surface area contributed by atoms with E-state index in [4.69, 9.17) is 10.5 Å². The summed E-state index contributed by atoms with van der Waals surface area (Å²) in [6.07, 6.45) is 0. The van der Waals surface area contributed by atoms with Crippen LogP contribution in [-0.2, 0) is 13.2 Å². The molecule has 0 saturated heterocycles. The number of benzene rings is 1. The monoisotopic (exact) mass is 324 g/mol. The van der Waals surface area contributed by atoms with E-state index in [2.05, 4.69) is 20.9 Å². The molecule has 0 amide bonds. The Bertz CT molecular complexity index is 590. The van der Waals surface area contributed by atoms with Gasteiger partial charge in [0.2, 0.25) is 0 Å². The van der Waals surface area contributed by atoms with Gasteiger partial charge in [-0.05, 0) is 37.3 Å². The summed E-state index contributed by atoms with van der Waals surface area (Å²) >= 11 is 3.31. The first-order chi connectivity index (χ1) is 9.10. The van der Waals surface area contributed by atoms with Crippen LogP contribution in [0.1, 0.15) is 17.0 Å². The van der Waals surface area contributed by atoms with E-state index in [-0.39, 0.29) is 19.0 Å². The van der Waals surface area contributed by atoms with Gasteiger partial charge in [-0.3, -0.25) is 4.98 Å². The predicted molar refractivity (Wildman–Crippen MR) is 75.3 cm³/mol. The van der Waals surface area contributed by atoms with Crippen LogP contribution < -0.4 is 10.5 Å². The first-order valence-electron chi connectivity index (χ1n) is 5.83. The van der Waals surface area contributed by atoms with Crippen molar-refractivity contribution in [3.8, 4) is 5.75 Å². The molecule has 0 unspecified atom stereocenters. The number of aryl methyl sites for hydroxylation is 1. The highest BCUT2D eigenvalue weighted by Gasteiger charge is 2.07. The van der Waals surface area contributed by atoms with E-state index < -0.39 is 0 Å². The van der Waals surface area contributed by atoms with E-state index >= 15 is 0 Å². The number of rotatable bonds is 4. The number of aromatic nitrogens is 1. The molecule has 2 N–H and O–H groups in total. The Morgan fingerprint density at radius 1 is 1.32 bits per heavy atom. The van der Waals surface area contributed by atoms with E-state index in [0.29, 0.717) is 17.0 Å². The van der Waals surface area contributed by atoms with Gasteiger partial charge < -0.3 is 10.5 Å². The minimum atomic E-state index is -0.294. The molecular formula is C14H14BrFN2O. The summed E-state index contributed by atoms with van der Waals surface area (Å²) in [7, 11) is 0. The first-order valence-corrected chi connectivity index (χ1v) is 6.63. The van der Waals surface area contributed by atoms with Crippen LogP contribution in [0.4, 0.5) is 4.39 Å². The number of ether oxygens (including phenoxy) is 1. The van der Waals surface area contributed by atoms with Crippen molar-refractivity contribution in [3.05, 3.63) is 57.6 Å². The second kappa shape index (κ2) is 6.12. The van der Waals surface area contributed by atoms with Crippen LogP contribution in [0.25, 0.3) is 0 Å². The van der Waals surface area contributed by atoms with Crippen molar-refractivity contribution in [2.75, 3.05) is 0 Å². The zero-order chi connectivity index (χ0) is 13.8. The standard InChI is InChI=1S/C14H14BrFN2O/c1-9-2-5-14(13(7-17)18-9)19-8-10-6-11(15)3-4-12(10)16/h2-6H,7-8,17H2,1H3. The van der Waals surface area contributed by atoms with Gasteiger partial charge >= 0.3 is 0 Å². The zero-order valence-electron chi connectivity index (χ0n) is 10.5. The molecule has 100 valence electrons. The maximum absolute atomic E-state index is 13.6. The van der Waals surface area contributed by atoms with Crippen molar-refractivity contribution >= 4 is 15.9 Å². The highest BCUT2D eigenvalue weighted by Crippen LogP contribution is 2.20. The molecule has 1 aromatic heterocycles. The molecule has 1 heterocycles. The number of hydrogen-bond acceptors (Lipinski definition) is 3. The van der Waals surface area contributed by atoms with E-state index in [1.807, 2.05) is 13.0 Å². The summed E-state index contributed by atoms with van der Waals surface area (Å²) in [4.78, 5) is 4.29. The lowest BCUT2D eigenvalue weighted by molar-refractivity contribution is 0.295. The summed E-state index contributed by atoms with van der Waals surface area (Å²) in [6, 6.07) is 8.39. The Morgan fingerprint density at radius 2 is 2.11 bits per heavy atom. The molecule has 19 heavy (non-hydrogen) atoms. The minimum absolute atomic E-state index is 0.142. The van der Waals surface area contributed by atoms with Crippen molar-refractivity contribution in [1.29, 1.82) is 0 Å². The summed E-state index contributed by atoms with van der Waals surface area (Å²) in [5.41, 5.74) is 7.66. The molecule has 0 atom stereocenters. The van der Waals surface area contributed by atoms with Crippen LogP contribution in [0.15, 0.2) is 34.8 Å². The fourth-order valence-corrected chi connectivity index (χ4v) is 2.09. The topological polar surface area (TPSA) is 48.1 Å². The summed E-state index contributed by atoms with van der Waals surface area (Å²) in [5, 5.41) is 0. The Kier molecular flexibility index (Phi) is 4.50. The molecular weight excluding hydrogens is 311 g/mol. The van der Waals surface area contributed by atoms with E-state index in [0.717, 1.165) is 10.2 Å². The highest BCUT2D eigenvalue weighted by molar-refractivity contribution is 9.10. The van der Waals surface area contributed by atoms with Gasteiger partial charge in [-0.1, -0.05) is 15.9 Å². The lowest BCUT2D eigenvalue weighted by Gasteiger charge is -2.11. The molecule has 0 aliphatic rings. The van der Waals surface area contributed by atoms with Crippen LogP contribution >= 0.6 is 15.9 Å². The van der Waals surface area contributed by atoms with Crippen LogP contribution in [0.5, 0.6) is 5.75 Å². The molecule has 1 aromatic carbocycles. The number of hydrogen-bond donors (Lipinski definition) is 1. The predicted octanol–water partition coefficient (Wildman–Crippen LogP) is 3.33. The lowest BCUT2D eigenvalue weighted by Crippen LogP contribution is -2.06. The van der Waals surface area contributed by atoms with Crippen LogP contribution in [0.3, 0.4) is 0 Å². The number of nitrogens with two attached hydrogens (primary N) is 1. The molecule has 2 rings (SSSR count). The molecule has 5 heteroatoms. The van der Waals surface area contributed by atoms with Crippen molar-refractivity contribution in [3.63, 3.8) is 0 Å². The van der Waals surface area contributed by atoms with Gasteiger partial charge in [0.05, 0.1) is 5.69 Å². The molecule has 0 fully saturated rings. The van der Waals surface area contributed by atoms with Crippen molar-refractivity contribution in [2.45, 2.75) is 20.1 Å². The molecule has 0 bridgehead atoms. The third-order valence-electron chi connectivity index (χ3n) is 2.66. The summed E-state index contributed by atoms with van der Waals surface area (Å²) in [6.45, 7) is 2.32. The van der Waals surface area contributed by atoms with Crippen molar-refractivity contribution in [1.82, 2.24) is 4.98 Å². The lowest BCUT2D eigenvalue weighted by atomic mass is 10.2. The molecule has 2 aromatic rings. The van der Waals surface area contributed by atoms with E-state index in [1.54, 1.807) is 18.2 Å². The van der Waals surface area contributed by atoms with Crippen LogP contribution in [-0.4, -0.2) is 4.98 Å². The Morgan fingerprint density at radius 3 is 2.84 bits per heavy atom. The maximum Gasteiger partial charge on any atom is 0.142 e. The molecule has 0 radical (unpaired) electrons. The SMILES string of the molecule is Cc1ccc(OCc2cc(Br)ccc2F)c(CN)n1. The fourth-order valence-electron chi connectivity index (χ4n) is 1.68. The molecule has 0 aliphatic carbocycles. The third kappa shape index (κ3) is 3.52. The second-order valence-corrected chi connectivity index (χ2v) is 5.04. The average molecular weight is 325 g/mol. The van der Waals surface area contributed by atoms with Gasteiger partial charge in [0.25, 0.3) is 0 Å². The molecule has 0 spiro atoms. The first kappa shape index (κ1) is 14.0. The van der Waals surface area contributed by atoms with Gasteiger partial charge in [-0.25, -0.2) is 4.39 Å². The zero-order valence-corrected chi connectivity index (χ0v) is 12.1. The quantitative estimate of drug-likeness (QED) is 0.938. The highest BCUT2D eigenvalue weighted by atomic mass is 79.9.